The van der Waals surface area contributed by atoms with Crippen molar-refractivity contribution in [2.45, 2.75) is 30.9 Å². The van der Waals surface area contributed by atoms with Crippen LogP contribution in [0.15, 0.2) is 24.5 Å². The molecule has 1 fully saturated rings. The highest BCUT2D eigenvalue weighted by atomic mass is 32.2. The molecule has 0 aliphatic carbocycles. The number of aromatic nitrogens is 2. The van der Waals surface area contributed by atoms with Gasteiger partial charge in [-0.25, -0.2) is 13.4 Å². The van der Waals surface area contributed by atoms with Crippen molar-refractivity contribution >= 4 is 15.4 Å². The molecule has 2 aromatic heterocycles. The normalized spacial score (nSPS) is 22.6. The molecule has 1 atom stereocenters. The highest BCUT2D eigenvalue weighted by Gasteiger charge is 2.29. The first-order valence-electron chi connectivity index (χ1n) is 6.43. The van der Waals surface area contributed by atoms with Crippen LogP contribution in [-0.4, -0.2) is 33.9 Å². The highest BCUT2D eigenvalue weighted by Crippen LogP contribution is 2.23. The zero-order valence-electron chi connectivity index (χ0n) is 10.5. The maximum atomic E-state index is 12.0. The summed E-state index contributed by atoms with van der Waals surface area (Å²) < 4.78 is 25.9. The number of rotatable bonds is 2. The van der Waals surface area contributed by atoms with Crippen LogP contribution in [0.25, 0.3) is 5.52 Å². The molecule has 1 aliphatic heterocycles. The van der Waals surface area contributed by atoms with Crippen molar-refractivity contribution in [2.75, 3.05) is 5.75 Å². The van der Waals surface area contributed by atoms with Crippen molar-refractivity contribution in [3.8, 4) is 5.75 Å². The van der Waals surface area contributed by atoms with Crippen molar-refractivity contribution in [1.29, 1.82) is 0 Å². The molecule has 1 N–H and O–H groups in total. The SMILES string of the molecule is O=S1(=O)CCCCC1Cc1ncc2cc(O)ccn12. The van der Waals surface area contributed by atoms with E-state index in [0.29, 0.717) is 12.2 Å². The fourth-order valence-electron chi connectivity index (χ4n) is 2.65. The lowest BCUT2D eigenvalue weighted by molar-refractivity contribution is 0.475. The number of hydrogen-bond donors (Lipinski definition) is 1. The van der Waals surface area contributed by atoms with Crippen LogP contribution >= 0.6 is 0 Å². The molecule has 0 radical (unpaired) electrons. The Morgan fingerprint density at radius 1 is 1.42 bits per heavy atom. The zero-order chi connectivity index (χ0) is 13.5. The predicted octanol–water partition coefficient (Wildman–Crippen LogP) is 1.55. The maximum absolute atomic E-state index is 12.0. The molecule has 1 unspecified atom stereocenters. The third kappa shape index (κ3) is 2.32. The number of imidazole rings is 1. The molecule has 0 amide bonds. The first kappa shape index (κ1) is 12.5. The summed E-state index contributed by atoms with van der Waals surface area (Å²) in [5.74, 6) is 1.22. The Morgan fingerprint density at radius 2 is 2.26 bits per heavy atom. The lowest BCUT2D eigenvalue weighted by Crippen LogP contribution is -2.30. The van der Waals surface area contributed by atoms with Crippen LogP contribution in [0.1, 0.15) is 25.1 Å². The van der Waals surface area contributed by atoms with Crippen LogP contribution < -0.4 is 0 Å². The fraction of sp³-hybridized carbons (Fsp3) is 0.462. The molecular weight excluding hydrogens is 264 g/mol. The van der Waals surface area contributed by atoms with Gasteiger partial charge in [-0.05, 0) is 18.9 Å². The van der Waals surface area contributed by atoms with E-state index >= 15 is 0 Å². The molecule has 19 heavy (non-hydrogen) atoms. The average Bonchev–Trinajstić information content (AvgIpc) is 2.74. The van der Waals surface area contributed by atoms with Crippen LogP contribution in [0.2, 0.25) is 0 Å². The van der Waals surface area contributed by atoms with E-state index in [1.165, 1.54) is 0 Å². The van der Waals surface area contributed by atoms with Crippen LogP contribution in [0.4, 0.5) is 0 Å². The van der Waals surface area contributed by atoms with Crippen LogP contribution in [-0.2, 0) is 16.3 Å². The van der Waals surface area contributed by atoms with Crippen molar-refractivity contribution in [3.05, 3.63) is 30.4 Å². The molecule has 102 valence electrons. The number of hydrogen-bond acceptors (Lipinski definition) is 4. The van der Waals surface area contributed by atoms with Gasteiger partial charge in [0.1, 0.15) is 11.6 Å². The summed E-state index contributed by atoms with van der Waals surface area (Å²) in [5.41, 5.74) is 0.781. The van der Waals surface area contributed by atoms with E-state index in [2.05, 4.69) is 4.98 Å². The van der Waals surface area contributed by atoms with Crippen molar-refractivity contribution in [2.24, 2.45) is 0 Å². The van der Waals surface area contributed by atoms with Gasteiger partial charge in [0.05, 0.1) is 22.7 Å². The van der Waals surface area contributed by atoms with Gasteiger partial charge >= 0.3 is 0 Å². The van der Waals surface area contributed by atoms with Gasteiger partial charge < -0.3 is 9.51 Å². The van der Waals surface area contributed by atoms with E-state index in [-0.39, 0.29) is 11.0 Å². The van der Waals surface area contributed by atoms with Crippen LogP contribution in [0.3, 0.4) is 0 Å². The summed E-state index contributed by atoms with van der Waals surface area (Å²) >= 11 is 0. The van der Waals surface area contributed by atoms with Gasteiger partial charge in [-0.15, -0.1) is 0 Å². The Hall–Kier alpha value is -1.56. The van der Waals surface area contributed by atoms with Gasteiger partial charge in [-0.1, -0.05) is 6.42 Å². The summed E-state index contributed by atoms with van der Waals surface area (Å²) in [6.07, 6.45) is 6.28. The number of aromatic hydroxyl groups is 1. The number of fused-ring (bicyclic) bond motifs is 1. The van der Waals surface area contributed by atoms with Gasteiger partial charge in [0.25, 0.3) is 0 Å². The second-order valence-corrected chi connectivity index (χ2v) is 7.44. The molecule has 0 saturated carbocycles. The molecule has 0 aromatic carbocycles. The van der Waals surface area contributed by atoms with E-state index < -0.39 is 9.84 Å². The van der Waals surface area contributed by atoms with Gasteiger partial charge in [0.2, 0.25) is 0 Å². The Bertz CT molecular complexity index is 706. The van der Waals surface area contributed by atoms with Crippen molar-refractivity contribution < 1.29 is 13.5 Å². The number of pyridine rings is 1. The van der Waals surface area contributed by atoms with Crippen molar-refractivity contribution in [3.63, 3.8) is 0 Å². The molecule has 2 aromatic rings. The average molecular weight is 280 g/mol. The minimum absolute atomic E-state index is 0.184. The predicted molar refractivity (Wildman–Crippen MR) is 72.0 cm³/mol. The minimum atomic E-state index is -2.98. The summed E-state index contributed by atoms with van der Waals surface area (Å²) in [6.45, 7) is 0. The highest BCUT2D eigenvalue weighted by molar-refractivity contribution is 7.92. The standard InChI is InChI=1S/C13H16N2O3S/c16-11-4-5-15-10(7-11)9-14-13(15)8-12-3-1-2-6-19(12,17)18/h4-5,7,9,12,16H,1-3,6,8H2. The van der Waals surface area contributed by atoms with Gasteiger partial charge in [-0.2, -0.15) is 0 Å². The molecule has 3 rings (SSSR count). The second kappa shape index (κ2) is 4.52. The van der Waals surface area contributed by atoms with E-state index in [9.17, 15) is 13.5 Å². The minimum Gasteiger partial charge on any atom is -0.508 e. The Kier molecular flexibility index (Phi) is 2.97. The van der Waals surface area contributed by atoms with Crippen LogP contribution in [0.5, 0.6) is 5.75 Å². The maximum Gasteiger partial charge on any atom is 0.153 e. The monoisotopic (exact) mass is 280 g/mol. The molecule has 1 aliphatic rings. The van der Waals surface area contributed by atoms with E-state index in [4.69, 9.17) is 0 Å². The van der Waals surface area contributed by atoms with Gasteiger partial charge in [-0.3, -0.25) is 0 Å². The first-order valence-corrected chi connectivity index (χ1v) is 8.14. The quantitative estimate of drug-likeness (QED) is 0.906. The van der Waals surface area contributed by atoms with Gasteiger partial charge in [0, 0.05) is 18.7 Å². The summed E-state index contributed by atoms with van der Waals surface area (Å²) in [6, 6.07) is 3.19. The Morgan fingerprint density at radius 3 is 3.05 bits per heavy atom. The molecule has 1 saturated heterocycles. The summed E-state index contributed by atoms with van der Waals surface area (Å²) in [5, 5.41) is 9.09. The molecule has 0 bridgehead atoms. The molecule has 0 spiro atoms. The van der Waals surface area contributed by atoms with E-state index in [1.54, 1.807) is 24.5 Å². The van der Waals surface area contributed by atoms with Gasteiger partial charge in [0.15, 0.2) is 9.84 Å². The third-order valence-corrected chi connectivity index (χ3v) is 5.99. The number of sulfone groups is 1. The summed E-state index contributed by atoms with van der Waals surface area (Å²) in [7, 11) is -2.98. The Labute approximate surface area is 111 Å². The largest absolute Gasteiger partial charge is 0.508 e. The number of nitrogens with zero attached hydrogens (tertiary/aromatic N) is 2. The lowest BCUT2D eigenvalue weighted by Gasteiger charge is -2.21. The lowest BCUT2D eigenvalue weighted by atomic mass is 10.1. The second-order valence-electron chi connectivity index (χ2n) is 5.04. The molecular formula is C13H16N2O3S. The topological polar surface area (TPSA) is 71.7 Å². The Balaban J connectivity index is 1.93. The van der Waals surface area contributed by atoms with E-state index in [1.807, 2.05) is 4.40 Å². The third-order valence-electron chi connectivity index (χ3n) is 3.72. The fourth-order valence-corrected chi connectivity index (χ4v) is 4.52. The smallest absolute Gasteiger partial charge is 0.153 e. The molecule has 6 heteroatoms. The molecule has 3 heterocycles. The summed E-state index contributed by atoms with van der Waals surface area (Å²) in [4.78, 5) is 4.28. The van der Waals surface area contributed by atoms with Crippen LogP contribution in [0, 0.1) is 0 Å². The van der Waals surface area contributed by atoms with Crippen molar-refractivity contribution in [1.82, 2.24) is 9.38 Å². The first-order chi connectivity index (χ1) is 9.06. The zero-order valence-corrected chi connectivity index (χ0v) is 11.3. The van der Waals surface area contributed by atoms with E-state index in [0.717, 1.165) is 30.6 Å². The molecule has 5 nitrogen and oxygen atoms in total.